The van der Waals surface area contributed by atoms with Crippen LogP contribution in [-0.2, 0) is 0 Å². The lowest BCUT2D eigenvalue weighted by molar-refractivity contribution is 0.0450. The van der Waals surface area contributed by atoms with Crippen LogP contribution in [0.4, 0.5) is 0 Å². The molecule has 0 aliphatic rings. The summed E-state index contributed by atoms with van der Waals surface area (Å²) >= 11 is 0. The molecule has 0 saturated heterocycles. The van der Waals surface area contributed by atoms with Crippen LogP contribution in [0.2, 0.25) is 0 Å². The molecule has 0 spiro atoms. The lowest BCUT2D eigenvalue weighted by Gasteiger charge is -2.33. The molecule has 0 saturated carbocycles. The Morgan fingerprint density at radius 2 is 1.08 bits per heavy atom. The fourth-order valence-electron chi connectivity index (χ4n) is 2.32. The van der Waals surface area contributed by atoms with E-state index < -0.39 is 29.5 Å². The van der Waals surface area contributed by atoms with Gasteiger partial charge in [-0.25, -0.2) is 0 Å². The van der Waals surface area contributed by atoms with Gasteiger partial charge >= 0.3 is 0 Å². The number of rotatable bonds is 4. The minimum Gasteiger partial charge on any atom is -0.504 e. The molecule has 0 aromatic heterocycles. The van der Waals surface area contributed by atoms with Gasteiger partial charge in [-0.1, -0.05) is 0 Å². The number of phenols is 4. The molecule has 2 aromatic carbocycles. The van der Waals surface area contributed by atoms with E-state index in [-0.39, 0.29) is 22.6 Å². The Kier molecular flexibility index (Phi) is 5.25. The Balaban J connectivity index is 2.18. The number of hydrogen-bond acceptors (Lipinski definition) is 6. The Bertz CT molecular complexity index is 782. The van der Waals surface area contributed by atoms with Crippen molar-refractivity contribution in [2.45, 2.75) is 13.1 Å². The largest absolute Gasteiger partial charge is 0.504 e. The van der Waals surface area contributed by atoms with Gasteiger partial charge in [0.25, 0.3) is 11.8 Å². The molecule has 0 fully saturated rings. The van der Waals surface area contributed by atoms with E-state index in [1.165, 1.54) is 48.2 Å². The topological polar surface area (TPSA) is 122 Å². The first-order valence-corrected chi connectivity index (χ1v) is 7.71. The summed E-state index contributed by atoms with van der Waals surface area (Å²) in [5.41, 5.74) is 0.301. The van der Waals surface area contributed by atoms with E-state index in [0.717, 1.165) is 12.1 Å². The zero-order valence-corrected chi connectivity index (χ0v) is 14.5. The molecule has 0 radical (unpaired) electrons. The molecule has 0 aliphatic heterocycles. The minimum absolute atomic E-state index is 0.151. The third kappa shape index (κ3) is 3.64. The Morgan fingerprint density at radius 1 is 0.731 bits per heavy atom. The SMILES string of the molecule is CC(N(C)C(=O)c1ccc(O)c(O)c1)N(C)C(=O)c1ccc(O)c(O)c1. The Labute approximate surface area is 150 Å². The molecule has 2 aromatic rings. The van der Waals surface area contributed by atoms with Crippen LogP contribution in [0.3, 0.4) is 0 Å². The number of hydrogen-bond donors (Lipinski definition) is 4. The monoisotopic (exact) mass is 360 g/mol. The van der Waals surface area contributed by atoms with E-state index >= 15 is 0 Å². The van der Waals surface area contributed by atoms with Gasteiger partial charge in [0.05, 0.1) is 0 Å². The van der Waals surface area contributed by atoms with Crippen molar-refractivity contribution in [2.24, 2.45) is 0 Å². The molecule has 8 nitrogen and oxygen atoms in total. The highest BCUT2D eigenvalue weighted by atomic mass is 16.3. The van der Waals surface area contributed by atoms with Gasteiger partial charge in [0, 0.05) is 25.2 Å². The van der Waals surface area contributed by atoms with Gasteiger partial charge in [0.2, 0.25) is 0 Å². The van der Waals surface area contributed by atoms with Gasteiger partial charge in [-0.3, -0.25) is 9.59 Å². The summed E-state index contributed by atoms with van der Waals surface area (Å²) in [4.78, 5) is 27.7. The average molecular weight is 360 g/mol. The molecule has 8 heteroatoms. The highest BCUT2D eigenvalue weighted by Crippen LogP contribution is 2.27. The predicted molar refractivity (Wildman–Crippen MR) is 93.2 cm³/mol. The van der Waals surface area contributed by atoms with Crippen LogP contribution in [-0.4, -0.2) is 62.3 Å². The van der Waals surface area contributed by atoms with Crippen LogP contribution in [0, 0.1) is 0 Å². The molecule has 0 atom stereocenters. The molecule has 4 N–H and O–H groups in total. The van der Waals surface area contributed by atoms with Gasteiger partial charge < -0.3 is 30.2 Å². The van der Waals surface area contributed by atoms with Crippen LogP contribution < -0.4 is 0 Å². The third-order valence-electron chi connectivity index (χ3n) is 4.21. The van der Waals surface area contributed by atoms with Crippen molar-refractivity contribution in [2.75, 3.05) is 14.1 Å². The molecule has 2 rings (SSSR count). The van der Waals surface area contributed by atoms with Crippen molar-refractivity contribution in [1.82, 2.24) is 9.80 Å². The van der Waals surface area contributed by atoms with Gasteiger partial charge in [0.1, 0.15) is 6.17 Å². The summed E-state index contributed by atoms with van der Waals surface area (Å²) in [6.45, 7) is 1.64. The molecule has 138 valence electrons. The zero-order valence-electron chi connectivity index (χ0n) is 14.5. The molecule has 0 aliphatic carbocycles. The van der Waals surface area contributed by atoms with Crippen molar-refractivity contribution in [3.8, 4) is 23.0 Å². The van der Waals surface area contributed by atoms with Crippen LogP contribution in [0.5, 0.6) is 23.0 Å². The smallest absolute Gasteiger partial charge is 0.255 e. The highest BCUT2D eigenvalue weighted by molar-refractivity contribution is 5.97. The number of carbonyl (C=O) groups is 2. The predicted octanol–water partition coefficient (Wildman–Crippen LogP) is 1.70. The molecule has 0 unspecified atom stereocenters. The van der Waals surface area contributed by atoms with Crippen LogP contribution in [0.15, 0.2) is 36.4 Å². The first-order chi connectivity index (χ1) is 12.1. The number of amides is 2. The molecule has 2 amide bonds. The van der Waals surface area contributed by atoms with Gasteiger partial charge in [0.15, 0.2) is 23.0 Å². The Hall–Kier alpha value is -3.42. The van der Waals surface area contributed by atoms with Crippen LogP contribution >= 0.6 is 0 Å². The maximum absolute atomic E-state index is 12.5. The lowest BCUT2D eigenvalue weighted by atomic mass is 10.1. The normalized spacial score (nSPS) is 10.6. The molecule has 0 bridgehead atoms. The van der Waals surface area contributed by atoms with Crippen molar-refractivity contribution in [3.05, 3.63) is 47.5 Å². The molecule has 26 heavy (non-hydrogen) atoms. The first kappa shape index (κ1) is 18.9. The minimum atomic E-state index is -0.651. The molecular weight excluding hydrogens is 340 g/mol. The zero-order chi connectivity index (χ0) is 19.6. The second-order valence-corrected chi connectivity index (χ2v) is 5.87. The summed E-state index contributed by atoms with van der Waals surface area (Å²) in [5, 5.41) is 37.7. The van der Waals surface area contributed by atoms with Crippen molar-refractivity contribution >= 4 is 11.8 Å². The second-order valence-electron chi connectivity index (χ2n) is 5.87. The van der Waals surface area contributed by atoms with Crippen molar-refractivity contribution < 1.29 is 30.0 Å². The number of aromatic hydroxyl groups is 4. The summed E-state index contributed by atoms with van der Waals surface area (Å²) in [5.74, 6) is -2.42. The van der Waals surface area contributed by atoms with E-state index in [9.17, 15) is 30.0 Å². The number of benzene rings is 2. The van der Waals surface area contributed by atoms with E-state index in [1.54, 1.807) is 6.92 Å². The number of carbonyl (C=O) groups excluding carboxylic acids is 2. The average Bonchev–Trinajstić information content (AvgIpc) is 2.63. The van der Waals surface area contributed by atoms with Crippen LogP contribution in [0.1, 0.15) is 27.6 Å². The maximum Gasteiger partial charge on any atom is 0.255 e. The Morgan fingerprint density at radius 3 is 1.38 bits per heavy atom. The fourth-order valence-corrected chi connectivity index (χ4v) is 2.32. The van der Waals surface area contributed by atoms with Crippen LogP contribution in [0.25, 0.3) is 0 Å². The first-order valence-electron chi connectivity index (χ1n) is 7.71. The molecular formula is C18H20N2O6. The van der Waals surface area contributed by atoms with Crippen molar-refractivity contribution in [1.29, 1.82) is 0 Å². The molecule has 0 heterocycles. The number of nitrogens with zero attached hydrogens (tertiary/aromatic N) is 2. The van der Waals surface area contributed by atoms with E-state index in [4.69, 9.17) is 0 Å². The van der Waals surface area contributed by atoms with E-state index in [1.807, 2.05) is 0 Å². The summed E-state index contributed by atoms with van der Waals surface area (Å²) < 4.78 is 0. The standard InChI is InChI=1S/C18H20N2O6/c1-10(19(2)17(25)11-4-6-13(21)15(23)8-11)20(3)18(26)12-5-7-14(22)16(24)9-12/h4-10,21-24H,1-3H3. The third-order valence-corrected chi connectivity index (χ3v) is 4.21. The summed E-state index contributed by atoms with van der Waals surface area (Å²) in [6.07, 6.45) is -0.651. The summed E-state index contributed by atoms with van der Waals surface area (Å²) in [7, 11) is 2.99. The van der Waals surface area contributed by atoms with E-state index in [2.05, 4.69) is 0 Å². The highest BCUT2D eigenvalue weighted by Gasteiger charge is 2.25. The van der Waals surface area contributed by atoms with Gasteiger partial charge in [-0.05, 0) is 43.3 Å². The van der Waals surface area contributed by atoms with Gasteiger partial charge in [-0.2, -0.15) is 0 Å². The van der Waals surface area contributed by atoms with Crippen molar-refractivity contribution in [3.63, 3.8) is 0 Å². The van der Waals surface area contributed by atoms with E-state index in [0.29, 0.717) is 0 Å². The fraction of sp³-hybridized carbons (Fsp3) is 0.222. The maximum atomic E-state index is 12.5. The number of phenolic OH excluding ortho intramolecular Hbond substituents is 4. The lowest BCUT2D eigenvalue weighted by Crippen LogP contribution is -2.48. The quantitative estimate of drug-likeness (QED) is 0.486. The summed E-state index contributed by atoms with van der Waals surface area (Å²) in [6, 6.07) is 7.41. The van der Waals surface area contributed by atoms with Gasteiger partial charge in [-0.15, -0.1) is 0 Å². The second kappa shape index (κ2) is 7.22.